The van der Waals surface area contributed by atoms with Gasteiger partial charge in [-0.1, -0.05) is 6.07 Å². The van der Waals surface area contributed by atoms with E-state index in [9.17, 15) is 34.3 Å². The van der Waals surface area contributed by atoms with Crippen molar-refractivity contribution in [2.75, 3.05) is 39.4 Å². The topological polar surface area (TPSA) is 203 Å². The summed E-state index contributed by atoms with van der Waals surface area (Å²) in [7, 11) is 0. The number of nitrogens with zero attached hydrogens (tertiary/aromatic N) is 5. The van der Waals surface area contributed by atoms with Crippen molar-refractivity contribution in [3.05, 3.63) is 41.6 Å². The summed E-state index contributed by atoms with van der Waals surface area (Å²) < 4.78 is 17.5. The quantitative estimate of drug-likeness (QED) is 0.300. The van der Waals surface area contributed by atoms with Crippen LogP contribution < -0.4 is 10.1 Å². The molecule has 2 heterocycles. The largest absolute Gasteiger partial charge is 0.527 e. The lowest BCUT2D eigenvalue weighted by molar-refractivity contribution is -0.170. The molecule has 4 rings (SSSR count). The van der Waals surface area contributed by atoms with Gasteiger partial charge in [-0.15, -0.1) is 5.06 Å². The standard InChI is InChI=1S/C30H36N6O10/c1-3-43-28(41)30(11-6-12-30)45-24-18-23(33-36(24)21-8-5-7-20(17-21)19-31)26(39)32-22(9-10-25(37)38)27(40)34-13-15-35(16-14-34)46-29(42)44-4-2/h5,7-8,17-18,22H,3-4,6,9-16H2,1-2H3,(H,32,39)(H,37,38)/t22-/m0/s1. The molecule has 1 saturated carbocycles. The second-order valence-electron chi connectivity index (χ2n) is 10.6. The van der Waals surface area contributed by atoms with Gasteiger partial charge in [-0.05, 0) is 57.7 Å². The molecular formula is C30H36N6O10. The summed E-state index contributed by atoms with van der Waals surface area (Å²) >= 11 is 0. The molecule has 16 nitrogen and oxygen atoms in total. The molecule has 2 aromatic rings. The lowest BCUT2D eigenvalue weighted by Gasteiger charge is -2.38. The van der Waals surface area contributed by atoms with Gasteiger partial charge in [-0.25, -0.2) is 14.3 Å². The maximum absolute atomic E-state index is 13.5. The van der Waals surface area contributed by atoms with Gasteiger partial charge in [0, 0.05) is 25.6 Å². The zero-order valence-corrected chi connectivity index (χ0v) is 25.6. The molecule has 0 spiro atoms. The number of rotatable bonds is 13. The van der Waals surface area contributed by atoms with Crippen molar-refractivity contribution < 1.29 is 48.1 Å². The molecular weight excluding hydrogens is 604 g/mol. The van der Waals surface area contributed by atoms with Crippen molar-refractivity contribution in [1.82, 2.24) is 25.1 Å². The average molecular weight is 641 g/mol. The maximum Gasteiger partial charge on any atom is 0.527 e. The molecule has 0 radical (unpaired) electrons. The molecule has 1 aromatic heterocycles. The monoisotopic (exact) mass is 640 g/mol. The van der Waals surface area contributed by atoms with Gasteiger partial charge in [-0.3, -0.25) is 14.4 Å². The van der Waals surface area contributed by atoms with Crippen LogP contribution in [0.25, 0.3) is 5.69 Å². The third-order valence-electron chi connectivity index (χ3n) is 7.50. The number of aliphatic carboxylic acids is 1. The predicted molar refractivity (Wildman–Crippen MR) is 157 cm³/mol. The molecule has 246 valence electrons. The van der Waals surface area contributed by atoms with Gasteiger partial charge in [-0.2, -0.15) is 10.4 Å². The van der Waals surface area contributed by atoms with Crippen LogP contribution in [0.15, 0.2) is 30.3 Å². The van der Waals surface area contributed by atoms with E-state index in [-0.39, 0.29) is 57.4 Å². The van der Waals surface area contributed by atoms with E-state index in [0.29, 0.717) is 24.1 Å². The van der Waals surface area contributed by atoms with Crippen molar-refractivity contribution in [2.24, 2.45) is 0 Å². The highest BCUT2D eigenvalue weighted by Gasteiger charge is 2.49. The van der Waals surface area contributed by atoms with E-state index < -0.39 is 48.0 Å². The van der Waals surface area contributed by atoms with Crippen LogP contribution in [-0.4, -0.2) is 106 Å². The van der Waals surface area contributed by atoms with E-state index in [4.69, 9.17) is 19.0 Å². The number of hydroxylamine groups is 2. The van der Waals surface area contributed by atoms with Gasteiger partial charge in [0.05, 0.1) is 43.6 Å². The number of carboxylic acid groups (broad SMARTS) is 1. The van der Waals surface area contributed by atoms with E-state index in [1.807, 2.05) is 6.07 Å². The lowest BCUT2D eigenvalue weighted by Crippen LogP contribution is -2.55. The highest BCUT2D eigenvalue weighted by atomic mass is 16.8. The molecule has 1 aliphatic carbocycles. The average Bonchev–Trinajstić information content (AvgIpc) is 3.45. The molecule has 1 atom stereocenters. The van der Waals surface area contributed by atoms with Crippen LogP contribution in [-0.2, 0) is 28.7 Å². The number of carbonyl (C=O) groups excluding carboxylic acids is 4. The molecule has 2 fully saturated rings. The fraction of sp³-hybridized carbons (Fsp3) is 0.500. The van der Waals surface area contributed by atoms with Crippen molar-refractivity contribution in [1.29, 1.82) is 5.26 Å². The Balaban J connectivity index is 1.56. The first-order valence-electron chi connectivity index (χ1n) is 15.0. The number of carboxylic acids is 1. The first-order valence-corrected chi connectivity index (χ1v) is 15.0. The summed E-state index contributed by atoms with van der Waals surface area (Å²) in [6.07, 6.45) is 0.0532. The Morgan fingerprint density at radius 1 is 1.07 bits per heavy atom. The van der Waals surface area contributed by atoms with Crippen LogP contribution in [0.3, 0.4) is 0 Å². The Morgan fingerprint density at radius 3 is 2.39 bits per heavy atom. The van der Waals surface area contributed by atoms with E-state index >= 15 is 0 Å². The van der Waals surface area contributed by atoms with Crippen molar-refractivity contribution in [3.8, 4) is 17.6 Å². The predicted octanol–water partition coefficient (Wildman–Crippen LogP) is 1.80. The number of nitriles is 1. The minimum atomic E-state index is -1.27. The Morgan fingerprint density at radius 2 is 1.78 bits per heavy atom. The molecule has 1 aromatic carbocycles. The number of amides is 2. The fourth-order valence-electron chi connectivity index (χ4n) is 4.98. The van der Waals surface area contributed by atoms with Crippen LogP contribution in [0.2, 0.25) is 0 Å². The van der Waals surface area contributed by atoms with E-state index in [0.717, 1.165) is 6.42 Å². The minimum absolute atomic E-state index is 0.0409. The van der Waals surface area contributed by atoms with Crippen molar-refractivity contribution in [3.63, 3.8) is 0 Å². The third-order valence-corrected chi connectivity index (χ3v) is 7.50. The van der Waals surface area contributed by atoms with Crippen molar-refractivity contribution in [2.45, 2.75) is 57.6 Å². The summed E-state index contributed by atoms with van der Waals surface area (Å²) in [6, 6.07) is 8.54. The highest BCUT2D eigenvalue weighted by Crippen LogP contribution is 2.38. The molecule has 0 unspecified atom stereocenters. The SMILES string of the molecule is CCOC(=O)ON1CCN(C(=O)[C@H](CCC(=O)O)NC(=O)c2cc(OC3(C(=O)OCC)CCC3)n(-c3cccc(C#N)c3)n2)CC1. The molecule has 2 N–H and O–H groups in total. The van der Waals surface area contributed by atoms with E-state index in [2.05, 4.69) is 10.4 Å². The summed E-state index contributed by atoms with van der Waals surface area (Å²) in [5.74, 6) is -2.95. The number of ether oxygens (including phenoxy) is 3. The number of hydrogen-bond donors (Lipinski definition) is 2. The van der Waals surface area contributed by atoms with Gasteiger partial charge >= 0.3 is 18.1 Å². The summed E-state index contributed by atoms with van der Waals surface area (Å²) in [4.78, 5) is 69.4. The summed E-state index contributed by atoms with van der Waals surface area (Å²) in [6.45, 7) is 4.28. The highest BCUT2D eigenvalue weighted by molar-refractivity contribution is 5.96. The van der Waals surface area contributed by atoms with Gasteiger partial charge in [0.25, 0.3) is 5.91 Å². The van der Waals surface area contributed by atoms with Gasteiger partial charge in [0.2, 0.25) is 17.4 Å². The number of aromatic nitrogens is 2. The molecule has 1 saturated heterocycles. The Bertz CT molecular complexity index is 1490. The lowest BCUT2D eigenvalue weighted by atomic mass is 9.80. The molecule has 2 amide bonds. The van der Waals surface area contributed by atoms with Crippen molar-refractivity contribution >= 4 is 29.9 Å². The number of nitrogens with one attached hydrogen (secondary N) is 1. The molecule has 2 aliphatic rings. The first-order chi connectivity index (χ1) is 22.1. The summed E-state index contributed by atoms with van der Waals surface area (Å²) in [5, 5.41) is 27.1. The van der Waals surface area contributed by atoms with Crippen LogP contribution >= 0.6 is 0 Å². The normalized spacial score (nSPS) is 16.2. The second-order valence-corrected chi connectivity index (χ2v) is 10.6. The van der Waals surface area contributed by atoms with E-state index in [1.165, 1.54) is 26.8 Å². The fourth-order valence-corrected chi connectivity index (χ4v) is 4.98. The number of carbonyl (C=O) groups is 5. The van der Waals surface area contributed by atoms with Crippen LogP contribution in [0, 0.1) is 11.3 Å². The molecule has 16 heteroatoms. The van der Waals surface area contributed by atoms with Crippen LogP contribution in [0.1, 0.15) is 62.0 Å². The molecule has 0 bridgehead atoms. The Kier molecular flexibility index (Phi) is 11.2. The van der Waals surface area contributed by atoms with E-state index in [1.54, 1.807) is 32.0 Å². The van der Waals surface area contributed by atoms with Crippen LogP contribution in [0.4, 0.5) is 4.79 Å². The second kappa shape index (κ2) is 15.2. The summed E-state index contributed by atoms with van der Waals surface area (Å²) in [5.41, 5.74) is -0.738. The number of esters is 1. The Hall–Kier alpha value is -5.17. The third kappa shape index (κ3) is 8.10. The maximum atomic E-state index is 13.5. The molecule has 46 heavy (non-hydrogen) atoms. The smallest absolute Gasteiger partial charge is 0.481 e. The Labute approximate surface area is 264 Å². The zero-order chi connectivity index (χ0) is 33.3. The van der Waals surface area contributed by atoms with Gasteiger partial charge in [0.15, 0.2) is 5.69 Å². The van der Waals surface area contributed by atoms with Crippen LogP contribution in [0.5, 0.6) is 5.88 Å². The molecule has 1 aliphatic heterocycles. The van der Waals surface area contributed by atoms with Gasteiger partial charge < -0.3 is 34.4 Å². The first kappa shape index (κ1) is 33.7. The zero-order valence-electron chi connectivity index (χ0n) is 25.6. The number of benzene rings is 1. The minimum Gasteiger partial charge on any atom is -0.481 e. The van der Waals surface area contributed by atoms with Gasteiger partial charge in [0.1, 0.15) is 6.04 Å². The number of hydrogen-bond acceptors (Lipinski definition) is 12. The number of piperazine rings is 1.